The summed E-state index contributed by atoms with van der Waals surface area (Å²) < 4.78 is 2.76. The van der Waals surface area contributed by atoms with Crippen molar-refractivity contribution in [2.24, 2.45) is 5.92 Å². The van der Waals surface area contributed by atoms with Gasteiger partial charge in [-0.2, -0.15) is 0 Å². The number of hydrogen-bond acceptors (Lipinski definition) is 1. The van der Waals surface area contributed by atoms with Gasteiger partial charge >= 0.3 is 0 Å². The normalized spacial score (nSPS) is 23.2. The molecule has 0 bridgehead atoms. The van der Waals surface area contributed by atoms with Crippen LogP contribution in [0.3, 0.4) is 0 Å². The maximum Gasteiger partial charge on any atom is 0.0493 e. The van der Waals surface area contributed by atoms with Crippen LogP contribution in [-0.2, 0) is 5.41 Å². The standard InChI is InChI=1S/C31H23ClS/c32-22-15-16-25-27(19-22)31(20-9-3-1-4-10-20,21-11-5-2-6-12-21)26-18-17-24-23-13-7-8-14-28(23)33-30(24)29(25)26/h1-5,7-9,11,13-20H,6,10,12H2. The summed E-state index contributed by atoms with van der Waals surface area (Å²) in [4.78, 5) is 0. The molecule has 3 aliphatic rings. The highest BCUT2D eigenvalue weighted by Crippen LogP contribution is 2.62. The minimum Gasteiger partial charge on any atom is -0.135 e. The monoisotopic (exact) mass is 462 g/mol. The predicted molar refractivity (Wildman–Crippen MR) is 143 cm³/mol. The Morgan fingerprint density at radius 2 is 1.82 bits per heavy atom. The van der Waals surface area contributed by atoms with Crippen LogP contribution in [0, 0.1) is 5.92 Å². The Kier molecular flexibility index (Phi) is 4.34. The van der Waals surface area contributed by atoms with Crippen LogP contribution in [0.25, 0.3) is 31.3 Å². The number of rotatable bonds is 2. The van der Waals surface area contributed by atoms with Gasteiger partial charge in [0.1, 0.15) is 0 Å². The Hall–Kier alpha value is -2.87. The number of halogens is 1. The van der Waals surface area contributed by atoms with E-state index in [1.165, 1.54) is 48.0 Å². The molecule has 1 heterocycles. The quantitative estimate of drug-likeness (QED) is 0.278. The molecule has 7 rings (SSSR count). The number of thiophene rings is 1. The van der Waals surface area contributed by atoms with Crippen molar-refractivity contribution in [3.8, 4) is 11.1 Å². The first-order chi connectivity index (χ1) is 16.3. The summed E-state index contributed by atoms with van der Waals surface area (Å²) >= 11 is 8.62. The smallest absolute Gasteiger partial charge is 0.0493 e. The molecule has 0 spiro atoms. The van der Waals surface area contributed by atoms with Crippen molar-refractivity contribution >= 4 is 43.1 Å². The molecule has 0 N–H and O–H groups in total. The van der Waals surface area contributed by atoms with Crippen LogP contribution in [-0.4, -0.2) is 0 Å². The molecule has 2 unspecified atom stereocenters. The van der Waals surface area contributed by atoms with Gasteiger partial charge in [0.15, 0.2) is 0 Å². The van der Waals surface area contributed by atoms with E-state index in [1.807, 2.05) is 11.3 Å². The maximum atomic E-state index is 6.69. The second kappa shape index (κ2) is 7.32. The van der Waals surface area contributed by atoms with Gasteiger partial charge in [-0.3, -0.25) is 0 Å². The molecule has 2 atom stereocenters. The molecule has 3 aliphatic carbocycles. The minimum absolute atomic E-state index is 0.189. The van der Waals surface area contributed by atoms with Crippen LogP contribution in [0.2, 0.25) is 5.02 Å². The Morgan fingerprint density at radius 3 is 2.67 bits per heavy atom. The maximum absolute atomic E-state index is 6.69. The molecule has 0 amide bonds. The fourth-order valence-corrected chi connectivity index (χ4v) is 7.84. The Balaban J connectivity index is 1.65. The molecule has 160 valence electrons. The second-order valence-corrected chi connectivity index (χ2v) is 10.8. The molecular weight excluding hydrogens is 440 g/mol. The molecule has 0 saturated heterocycles. The fraction of sp³-hybridized carbons (Fsp3) is 0.161. The van der Waals surface area contributed by atoms with Gasteiger partial charge in [-0.25, -0.2) is 0 Å². The van der Waals surface area contributed by atoms with Crippen molar-refractivity contribution in [2.75, 3.05) is 0 Å². The third-order valence-electron chi connectivity index (χ3n) is 7.70. The number of allylic oxidation sites excluding steroid dienone is 8. The van der Waals surface area contributed by atoms with Crippen molar-refractivity contribution in [3.63, 3.8) is 0 Å². The van der Waals surface area contributed by atoms with Crippen LogP contribution in [0.4, 0.5) is 0 Å². The molecule has 4 aromatic rings. The van der Waals surface area contributed by atoms with E-state index in [4.69, 9.17) is 11.6 Å². The van der Waals surface area contributed by atoms with Crippen molar-refractivity contribution in [3.05, 3.63) is 119 Å². The Morgan fingerprint density at radius 1 is 0.879 bits per heavy atom. The van der Waals surface area contributed by atoms with E-state index in [1.54, 1.807) is 0 Å². The molecule has 33 heavy (non-hydrogen) atoms. The highest BCUT2D eigenvalue weighted by molar-refractivity contribution is 7.26. The molecule has 0 radical (unpaired) electrons. The van der Waals surface area contributed by atoms with Gasteiger partial charge in [0, 0.05) is 36.2 Å². The molecular formula is C31H23ClS. The van der Waals surface area contributed by atoms with Crippen LogP contribution in [0.1, 0.15) is 30.4 Å². The Bertz CT molecular complexity index is 1560. The number of fused-ring (bicyclic) bond motifs is 7. The lowest BCUT2D eigenvalue weighted by Gasteiger charge is -2.42. The minimum atomic E-state index is -0.189. The van der Waals surface area contributed by atoms with Gasteiger partial charge in [-0.15, -0.1) is 11.3 Å². The topological polar surface area (TPSA) is 0 Å². The lowest BCUT2D eigenvalue weighted by Crippen LogP contribution is -2.36. The first-order valence-electron chi connectivity index (χ1n) is 11.7. The van der Waals surface area contributed by atoms with Gasteiger partial charge in [0.25, 0.3) is 0 Å². The second-order valence-electron chi connectivity index (χ2n) is 9.27. The van der Waals surface area contributed by atoms with E-state index in [0.29, 0.717) is 5.92 Å². The van der Waals surface area contributed by atoms with Crippen LogP contribution < -0.4 is 0 Å². The molecule has 1 aromatic heterocycles. The van der Waals surface area contributed by atoms with Crippen LogP contribution in [0.5, 0.6) is 0 Å². The molecule has 2 heteroatoms. The summed E-state index contributed by atoms with van der Waals surface area (Å²) in [7, 11) is 0. The average Bonchev–Trinajstić information content (AvgIpc) is 3.38. The van der Waals surface area contributed by atoms with Crippen molar-refractivity contribution in [2.45, 2.75) is 24.7 Å². The summed E-state index contributed by atoms with van der Waals surface area (Å²) in [5, 5.41) is 3.54. The molecule has 0 nitrogen and oxygen atoms in total. The van der Waals surface area contributed by atoms with E-state index in [9.17, 15) is 0 Å². The lowest BCUT2D eigenvalue weighted by molar-refractivity contribution is 0.436. The SMILES string of the molecule is Clc1ccc2c(c1)C(C1=CC=CCC1)(C1C=CC=CC1)c1ccc3c(sc4ccccc43)c1-2. The zero-order valence-electron chi connectivity index (χ0n) is 18.2. The summed E-state index contributed by atoms with van der Waals surface area (Å²) in [5.41, 5.74) is 6.92. The molecule has 0 aliphatic heterocycles. The average molecular weight is 463 g/mol. The van der Waals surface area contributed by atoms with E-state index < -0.39 is 0 Å². The first-order valence-corrected chi connectivity index (χ1v) is 12.9. The predicted octanol–water partition coefficient (Wildman–Crippen LogP) is 9.38. The van der Waals surface area contributed by atoms with E-state index >= 15 is 0 Å². The summed E-state index contributed by atoms with van der Waals surface area (Å²) in [5.74, 6) is 0.366. The van der Waals surface area contributed by atoms with E-state index in [0.717, 1.165) is 24.3 Å². The van der Waals surface area contributed by atoms with Crippen molar-refractivity contribution < 1.29 is 0 Å². The van der Waals surface area contributed by atoms with Gasteiger partial charge in [0.05, 0.1) is 0 Å². The van der Waals surface area contributed by atoms with Crippen molar-refractivity contribution in [1.82, 2.24) is 0 Å². The largest absolute Gasteiger partial charge is 0.135 e. The zero-order chi connectivity index (χ0) is 22.0. The third-order valence-corrected chi connectivity index (χ3v) is 9.14. The molecule has 3 aromatic carbocycles. The van der Waals surface area contributed by atoms with Crippen molar-refractivity contribution in [1.29, 1.82) is 0 Å². The summed E-state index contributed by atoms with van der Waals surface area (Å²) in [6, 6.07) is 20.2. The van der Waals surface area contributed by atoms with E-state index in [2.05, 4.69) is 97.1 Å². The lowest BCUT2D eigenvalue weighted by atomic mass is 9.60. The van der Waals surface area contributed by atoms with E-state index in [-0.39, 0.29) is 5.41 Å². The van der Waals surface area contributed by atoms with Gasteiger partial charge in [-0.1, -0.05) is 96.1 Å². The summed E-state index contributed by atoms with van der Waals surface area (Å²) in [6.45, 7) is 0. The molecule has 0 saturated carbocycles. The summed E-state index contributed by atoms with van der Waals surface area (Å²) in [6.07, 6.45) is 19.3. The van der Waals surface area contributed by atoms with Crippen LogP contribution in [0.15, 0.2) is 103 Å². The number of benzene rings is 3. The Labute approximate surface area is 203 Å². The third kappa shape index (κ3) is 2.64. The highest BCUT2D eigenvalue weighted by Gasteiger charge is 2.50. The fourth-order valence-electron chi connectivity index (χ4n) is 6.41. The van der Waals surface area contributed by atoms with Crippen LogP contribution >= 0.6 is 22.9 Å². The van der Waals surface area contributed by atoms with Gasteiger partial charge in [0.2, 0.25) is 0 Å². The molecule has 0 fully saturated rings. The zero-order valence-corrected chi connectivity index (χ0v) is 19.8. The highest BCUT2D eigenvalue weighted by atomic mass is 35.5. The first kappa shape index (κ1) is 19.6. The van der Waals surface area contributed by atoms with Gasteiger partial charge < -0.3 is 0 Å². The van der Waals surface area contributed by atoms with Gasteiger partial charge in [-0.05, 0) is 60.1 Å². The number of hydrogen-bond donors (Lipinski definition) is 0.